The SMILES string of the molecule is Cc1ccc2c(c1C)OC(c1ccccc1)C2. The van der Waals surface area contributed by atoms with Crippen LogP contribution in [0.15, 0.2) is 42.5 Å². The maximum absolute atomic E-state index is 6.10. The highest BCUT2D eigenvalue weighted by Crippen LogP contribution is 2.39. The Morgan fingerprint density at radius 1 is 1.00 bits per heavy atom. The Bertz CT molecular complexity index is 543. The highest BCUT2D eigenvalue weighted by atomic mass is 16.5. The first-order valence-corrected chi connectivity index (χ1v) is 6.06. The average molecular weight is 224 g/mol. The summed E-state index contributed by atoms with van der Waals surface area (Å²) in [6, 6.07) is 14.8. The van der Waals surface area contributed by atoms with Crippen molar-refractivity contribution in [2.24, 2.45) is 0 Å². The fourth-order valence-electron chi connectivity index (χ4n) is 2.41. The normalized spacial score (nSPS) is 17.6. The van der Waals surface area contributed by atoms with E-state index in [-0.39, 0.29) is 6.10 Å². The van der Waals surface area contributed by atoms with E-state index in [1.807, 2.05) is 6.07 Å². The Balaban J connectivity index is 1.96. The first-order chi connectivity index (χ1) is 8.25. The van der Waals surface area contributed by atoms with Crippen molar-refractivity contribution in [3.8, 4) is 5.75 Å². The minimum Gasteiger partial charge on any atom is -0.485 e. The fourth-order valence-corrected chi connectivity index (χ4v) is 2.41. The van der Waals surface area contributed by atoms with Gasteiger partial charge < -0.3 is 4.74 Å². The summed E-state index contributed by atoms with van der Waals surface area (Å²) < 4.78 is 6.10. The molecule has 0 spiro atoms. The van der Waals surface area contributed by atoms with Gasteiger partial charge in [0.25, 0.3) is 0 Å². The number of ether oxygens (including phenoxy) is 1. The van der Waals surface area contributed by atoms with E-state index in [2.05, 4.69) is 50.2 Å². The second kappa shape index (κ2) is 3.92. The maximum Gasteiger partial charge on any atom is 0.128 e. The lowest BCUT2D eigenvalue weighted by Gasteiger charge is -2.12. The summed E-state index contributed by atoms with van der Waals surface area (Å²) in [5, 5.41) is 0. The van der Waals surface area contributed by atoms with Gasteiger partial charge in [-0.1, -0.05) is 42.5 Å². The lowest BCUT2D eigenvalue weighted by Crippen LogP contribution is -2.02. The Morgan fingerprint density at radius 3 is 2.53 bits per heavy atom. The molecule has 1 nitrogen and oxygen atoms in total. The second-order valence-electron chi connectivity index (χ2n) is 4.72. The van der Waals surface area contributed by atoms with Gasteiger partial charge in [-0.05, 0) is 36.1 Å². The van der Waals surface area contributed by atoms with Crippen LogP contribution in [0.25, 0.3) is 0 Å². The smallest absolute Gasteiger partial charge is 0.128 e. The molecule has 0 saturated heterocycles. The van der Waals surface area contributed by atoms with Crippen LogP contribution < -0.4 is 4.74 Å². The second-order valence-corrected chi connectivity index (χ2v) is 4.72. The van der Waals surface area contributed by atoms with E-state index in [0.717, 1.165) is 12.2 Å². The summed E-state index contributed by atoms with van der Waals surface area (Å²) in [5.74, 6) is 1.10. The largest absolute Gasteiger partial charge is 0.485 e. The number of benzene rings is 2. The van der Waals surface area contributed by atoms with Crippen LogP contribution >= 0.6 is 0 Å². The molecule has 0 aliphatic carbocycles. The predicted octanol–water partition coefficient (Wildman–Crippen LogP) is 3.98. The molecule has 0 amide bonds. The molecule has 0 N–H and O–H groups in total. The first kappa shape index (κ1) is 10.4. The molecule has 1 unspecified atom stereocenters. The summed E-state index contributed by atoms with van der Waals surface area (Å²) >= 11 is 0. The van der Waals surface area contributed by atoms with Crippen LogP contribution in [-0.2, 0) is 6.42 Å². The number of hydrogen-bond acceptors (Lipinski definition) is 1. The summed E-state index contributed by atoms with van der Waals surface area (Å²) in [5.41, 5.74) is 5.18. The van der Waals surface area contributed by atoms with Crippen LogP contribution in [0, 0.1) is 13.8 Å². The van der Waals surface area contributed by atoms with Gasteiger partial charge in [0, 0.05) is 6.42 Å². The van der Waals surface area contributed by atoms with E-state index in [9.17, 15) is 0 Å². The third-order valence-corrected chi connectivity index (χ3v) is 3.60. The van der Waals surface area contributed by atoms with Crippen molar-refractivity contribution in [3.63, 3.8) is 0 Å². The Morgan fingerprint density at radius 2 is 1.76 bits per heavy atom. The van der Waals surface area contributed by atoms with Crippen molar-refractivity contribution in [1.29, 1.82) is 0 Å². The van der Waals surface area contributed by atoms with Gasteiger partial charge in [0.15, 0.2) is 0 Å². The molecule has 86 valence electrons. The molecular weight excluding hydrogens is 208 g/mol. The van der Waals surface area contributed by atoms with Crippen molar-refractivity contribution >= 4 is 0 Å². The Hall–Kier alpha value is -1.76. The highest BCUT2D eigenvalue weighted by molar-refractivity contribution is 5.48. The van der Waals surface area contributed by atoms with Gasteiger partial charge in [0.05, 0.1) is 0 Å². The van der Waals surface area contributed by atoms with Gasteiger partial charge in [0.1, 0.15) is 11.9 Å². The summed E-state index contributed by atoms with van der Waals surface area (Å²) in [4.78, 5) is 0. The predicted molar refractivity (Wildman–Crippen MR) is 69.4 cm³/mol. The zero-order valence-electron chi connectivity index (χ0n) is 10.2. The number of fused-ring (bicyclic) bond motifs is 1. The molecule has 1 aliphatic heterocycles. The Labute approximate surface area is 102 Å². The molecule has 0 bridgehead atoms. The number of hydrogen-bond donors (Lipinski definition) is 0. The van der Waals surface area contributed by atoms with Gasteiger partial charge in [-0.2, -0.15) is 0 Å². The van der Waals surface area contributed by atoms with Crippen LogP contribution in [0.3, 0.4) is 0 Å². The van der Waals surface area contributed by atoms with Crippen molar-refractivity contribution in [1.82, 2.24) is 0 Å². The van der Waals surface area contributed by atoms with Crippen molar-refractivity contribution in [3.05, 3.63) is 64.7 Å². The molecule has 2 aromatic carbocycles. The molecule has 1 aliphatic rings. The Kier molecular flexibility index (Phi) is 2.40. The number of aryl methyl sites for hydroxylation is 1. The zero-order chi connectivity index (χ0) is 11.8. The molecule has 0 radical (unpaired) electrons. The molecule has 1 heterocycles. The maximum atomic E-state index is 6.10. The zero-order valence-corrected chi connectivity index (χ0v) is 10.2. The van der Waals surface area contributed by atoms with Crippen molar-refractivity contribution < 1.29 is 4.74 Å². The highest BCUT2D eigenvalue weighted by Gasteiger charge is 2.25. The molecule has 1 atom stereocenters. The lowest BCUT2D eigenvalue weighted by atomic mass is 10.0. The van der Waals surface area contributed by atoms with Crippen LogP contribution in [0.4, 0.5) is 0 Å². The monoisotopic (exact) mass is 224 g/mol. The summed E-state index contributed by atoms with van der Waals surface area (Å²) in [6.07, 6.45) is 1.17. The minimum atomic E-state index is 0.187. The van der Waals surface area contributed by atoms with E-state index in [1.54, 1.807) is 0 Å². The van der Waals surface area contributed by atoms with Crippen LogP contribution in [0.1, 0.15) is 28.4 Å². The third-order valence-electron chi connectivity index (χ3n) is 3.60. The fraction of sp³-hybridized carbons (Fsp3) is 0.250. The van der Waals surface area contributed by atoms with Crippen LogP contribution in [0.2, 0.25) is 0 Å². The quantitative estimate of drug-likeness (QED) is 0.712. The minimum absolute atomic E-state index is 0.187. The number of rotatable bonds is 1. The summed E-state index contributed by atoms with van der Waals surface area (Å²) in [7, 11) is 0. The van der Waals surface area contributed by atoms with Crippen molar-refractivity contribution in [2.45, 2.75) is 26.4 Å². The van der Waals surface area contributed by atoms with Crippen LogP contribution in [0.5, 0.6) is 5.75 Å². The molecule has 0 saturated carbocycles. The molecule has 1 heteroatoms. The van der Waals surface area contributed by atoms with E-state index < -0.39 is 0 Å². The van der Waals surface area contributed by atoms with Crippen molar-refractivity contribution in [2.75, 3.05) is 0 Å². The molecule has 2 aromatic rings. The average Bonchev–Trinajstić information content (AvgIpc) is 2.80. The van der Waals surface area contributed by atoms with E-state index >= 15 is 0 Å². The molecule has 17 heavy (non-hydrogen) atoms. The van der Waals surface area contributed by atoms with Gasteiger partial charge >= 0.3 is 0 Å². The third kappa shape index (κ3) is 1.72. The first-order valence-electron chi connectivity index (χ1n) is 6.06. The topological polar surface area (TPSA) is 9.23 Å². The van der Waals surface area contributed by atoms with Gasteiger partial charge in [-0.15, -0.1) is 0 Å². The molecule has 0 fully saturated rings. The van der Waals surface area contributed by atoms with E-state index in [0.29, 0.717) is 0 Å². The molecule has 3 rings (SSSR count). The van der Waals surface area contributed by atoms with E-state index in [4.69, 9.17) is 4.74 Å². The summed E-state index contributed by atoms with van der Waals surface area (Å²) in [6.45, 7) is 4.27. The van der Waals surface area contributed by atoms with Crippen LogP contribution in [-0.4, -0.2) is 0 Å². The molecular formula is C16H16O. The molecule has 0 aromatic heterocycles. The van der Waals surface area contributed by atoms with Gasteiger partial charge in [-0.25, -0.2) is 0 Å². The van der Waals surface area contributed by atoms with E-state index in [1.165, 1.54) is 22.3 Å². The van der Waals surface area contributed by atoms with Gasteiger partial charge in [-0.3, -0.25) is 0 Å². The van der Waals surface area contributed by atoms with Gasteiger partial charge in [0.2, 0.25) is 0 Å². The standard InChI is InChI=1S/C16H16O/c1-11-8-9-14-10-15(17-16(14)12(11)2)13-6-4-3-5-7-13/h3-9,15H,10H2,1-2H3. The lowest BCUT2D eigenvalue weighted by molar-refractivity contribution is 0.237.